The number of allylic oxidation sites excluding steroid dienone is 2. The Balaban J connectivity index is 1.85. The highest BCUT2D eigenvalue weighted by Gasteiger charge is 2.11. The van der Waals surface area contributed by atoms with Crippen LogP contribution in [-0.4, -0.2) is 28.3 Å². The van der Waals surface area contributed by atoms with Crippen LogP contribution in [0.2, 0.25) is 0 Å². The molecule has 1 N–H and O–H groups in total. The molecule has 3 aromatic rings. The first-order chi connectivity index (χ1) is 15.5. The van der Waals surface area contributed by atoms with Gasteiger partial charge in [-0.1, -0.05) is 54.6 Å². The third kappa shape index (κ3) is 6.58. The molecule has 0 aliphatic carbocycles. The third-order valence-corrected chi connectivity index (χ3v) is 5.70. The molecule has 3 rings (SSSR count). The first-order valence-electron chi connectivity index (χ1n) is 9.79. The normalized spacial score (nSPS) is 11.4. The maximum absolute atomic E-state index is 12.5. The van der Waals surface area contributed by atoms with Gasteiger partial charge in [-0.2, -0.15) is 18.4 Å². The van der Waals surface area contributed by atoms with Crippen molar-refractivity contribution in [2.75, 3.05) is 14.2 Å². The van der Waals surface area contributed by atoms with Crippen molar-refractivity contribution in [1.29, 1.82) is 0 Å². The molecule has 0 atom stereocenters. The molecule has 0 radical (unpaired) electrons. The number of methoxy groups -OCH3 is 2. The smallest absolute Gasteiger partial charge is 0.276 e. The summed E-state index contributed by atoms with van der Waals surface area (Å²) in [6.45, 7) is 0. The van der Waals surface area contributed by atoms with E-state index in [4.69, 9.17) is 9.47 Å². The van der Waals surface area contributed by atoms with Crippen molar-refractivity contribution in [1.82, 2.24) is 4.83 Å². The maximum Gasteiger partial charge on any atom is 0.276 e. The van der Waals surface area contributed by atoms with Crippen molar-refractivity contribution in [3.8, 4) is 11.5 Å². The van der Waals surface area contributed by atoms with E-state index in [-0.39, 0.29) is 4.90 Å². The van der Waals surface area contributed by atoms with E-state index in [0.29, 0.717) is 5.71 Å². The number of sulfonamides is 1. The summed E-state index contributed by atoms with van der Waals surface area (Å²) < 4.78 is 35.4. The molecule has 0 spiro atoms. The van der Waals surface area contributed by atoms with Gasteiger partial charge in [0.1, 0.15) is 11.5 Å². The molecule has 6 nitrogen and oxygen atoms in total. The fourth-order valence-corrected chi connectivity index (χ4v) is 3.53. The Labute approximate surface area is 188 Å². The summed E-state index contributed by atoms with van der Waals surface area (Å²) in [6, 6.07) is 23.1. The molecular weight excluding hydrogens is 424 g/mol. The highest BCUT2D eigenvalue weighted by molar-refractivity contribution is 7.89. The zero-order valence-corrected chi connectivity index (χ0v) is 18.6. The first kappa shape index (κ1) is 22.8. The van der Waals surface area contributed by atoms with Crippen LogP contribution in [0.1, 0.15) is 11.1 Å². The van der Waals surface area contributed by atoms with E-state index >= 15 is 0 Å². The average molecular weight is 449 g/mol. The fourth-order valence-electron chi connectivity index (χ4n) is 2.69. The Morgan fingerprint density at radius 1 is 0.750 bits per heavy atom. The summed E-state index contributed by atoms with van der Waals surface area (Å²) in [6.07, 6.45) is 7.14. The molecule has 0 saturated heterocycles. The molecular formula is C25H24N2O4S. The number of hydrazone groups is 1. The van der Waals surface area contributed by atoms with Gasteiger partial charge in [-0.3, -0.25) is 0 Å². The minimum atomic E-state index is -3.78. The van der Waals surface area contributed by atoms with Crippen molar-refractivity contribution >= 4 is 27.9 Å². The molecule has 32 heavy (non-hydrogen) atoms. The van der Waals surface area contributed by atoms with Gasteiger partial charge in [0.05, 0.1) is 24.8 Å². The van der Waals surface area contributed by atoms with Crippen LogP contribution in [0.5, 0.6) is 11.5 Å². The summed E-state index contributed by atoms with van der Waals surface area (Å²) >= 11 is 0. The molecule has 7 heteroatoms. The summed E-state index contributed by atoms with van der Waals surface area (Å²) in [5.41, 5.74) is 2.26. The highest BCUT2D eigenvalue weighted by Crippen LogP contribution is 2.14. The van der Waals surface area contributed by atoms with E-state index in [9.17, 15) is 8.42 Å². The third-order valence-electron chi connectivity index (χ3n) is 4.47. The lowest BCUT2D eigenvalue weighted by molar-refractivity contribution is 0.414. The monoisotopic (exact) mass is 448 g/mol. The van der Waals surface area contributed by atoms with Gasteiger partial charge < -0.3 is 9.47 Å². The second kappa shape index (κ2) is 11.0. The van der Waals surface area contributed by atoms with Gasteiger partial charge >= 0.3 is 0 Å². The molecule has 0 unspecified atom stereocenters. The Morgan fingerprint density at radius 3 is 1.66 bits per heavy atom. The zero-order chi connectivity index (χ0) is 22.8. The van der Waals surface area contributed by atoms with Gasteiger partial charge in [0.15, 0.2) is 0 Å². The van der Waals surface area contributed by atoms with Crippen LogP contribution in [0.3, 0.4) is 0 Å². The lowest BCUT2D eigenvalue weighted by Gasteiger charge is -2.04. The summed E-state index contributed by atoms with van der Waals surface area (Å²) in [4.78, 5) is 2.44. The summed E-state index contributed by atoms with van der Waals surface area (Å²) in [5.74, 6) is 1.51. The summed E-state index contributed by atoms with van der Waals surface area (Å²) in [5, 5.41) is 4.13. The molecule has 0 aliphatic rings. The van der Waals surface area contributed by atoms with Crippen molar-refractivity contribution in [3.05, 3.63) is 102 Å². The fraction of sp³-hybridized carbons (Fsp3) is 0.0800. The van der Waals surface area contributed by atoms with E-state index < -0.39 is 10.0 Å². The molecule has 3 aromatic carbocycles. The van der Waals surface area contributed by atoms with Gasteiger partial charge in [-0.25, -0.2) is 0 Å². The quantitative estimate of drug-likeness (QED) is 0.378. The van der Waals surface area contributed by atoms with Crippen molar-refractivity contribution in [2.24, 2.45) is 5.10 Å². The molecule has 0 aromatic heterocycles. The predicted octanol–water partition coefficient (Wildman–Crippen LogP) is 4.76. The van der Waals surface area contributed by atoms with Gasteiger partial charge in [-0.05, 0) is 59.7 Å². The van der Waals surface area contributed by atoms with Crippen LogP contribution in [-0.2, 0) is 10.0 Å². The lowest BCUT2D eigenvalue weighted by Crippen LogP contribution is -2.19. The topological polar surface area (TPSA) is 77.0 Å². The van der Waals surface area contributed by atoms with Crippen molar-refractivity contribution in [2.45, 2.75) is 4.90 Å². The second-order valence-electron chi connectivity index (χ2n) is 6.66. The zero-order valence-electron chi connectivity index (χ0n) is 17.8. The number of benzene rings is 3. The van der Waals surface area contributed by atoms with Crippen molar-refractivity contribution < 1.29 is 17.9 Å². The lowest BCUT2D eigenvalue weighted by atomic mass is 10.1. The average Bonchev–Trinajstić information content (AvgIpc) is 2.84. The first-order valence-corrected chi connectivity index (χ1v) is 11.3. The number of hydrogen-bond acceptors (Lipinski definition) is 5. The minimum Gasteiger partial charge on any atom is -0.497 e. The largest absolute Gasteiger partial charge is 0.497 e. The van der Waals surface area contributed by atoms with Crippen LogP contribution in [0, 0.1) is 0 Å². The molecule has 0 heterocycles. The SMILES string of the molecule is COc1ccc(/C=C/C(/C=C/c2ccc(OC)cc2)=NNS(=O)(=O)c2ccccc2)cc1. The van der Waals surface area contributed by atoms with Gasteiger partial charge in [0, 0.05) is 0 Å². The van der Waals surface area contributed by atoms with Gasteiger partial charge in [-0.15, -0.1) is 0 Å². The van der Waals surface area contributed by atoms with Gasteiger partial charge in [0.25, 0.3) is 10.0 Å². The standard InChI is InChI=1S/C25H24N2O4S/c1-30-23-16-10-20(11-17-23)8-14-22(15-9-21-12-18-24(31-2)19-13-21)26-27-32(28,29)25-6-4-3-5-7-25/h3-19,27H,1-2H3/b14-8+,15-9+. The van der Waals surface area contributed by atoms with Crippen LogP contribution in [0.25, 0.3) is 12.2 Å². The second-order valence-corrected chi connectivity index (χ2v) is 8.32. The minimum absolute atomic E-state index is 0.140. The van der Waals surface area contributed by atoms with E-state index in [1.165, 1.54) is 12.1 Å². The van der Waals surface area contributed by atoms with Crippen LogP contribution >= 0.6 is 0 Å². The van der Waals surface area contributed by atoms with E-state index in [1.807, 2.05) is 60.7 Å². The Kier molecular flexibility index (Phi) is 7.83. The Bertz CT molecular complexity index is 1140. The molecule has 0 aliphatic heterocycles. The van der Waals surface area contributed by atoms with E-state index in [0.717, 1.165) is 22.6 Å². The Morgan fingerprint density at radius 2 is 1.22 bits per heavy atom. The molecule has 0 amide bonds. The molecule has 0 fully saturated rings. The summed E-state index contributed by atoms with van der Waals surface area (Å²) in [7, 11) is -0.559. The number of ether oxygens (including phenoxy) is 2. The van der Waals surface area contributed by atoms with Crippen LogP contribution < -0.4 is 14.3 Å². The highest BCUT2D eigenvalue weighted by atomic mass is 32.2. The molecule has 164 valence electrons. The maximum atomic E-state index is 12.5. The number of nitrogens with one attached hydrogen (secondary N) is 1. The van der Waals surface area contributed by atoms with E-state index in [2.05, 4.69) is 9.93 Å². The number of rotatable bonds is 9. The van der Waals surface area contributed by atoms with Crippen LogP contribution in [0.4, 0.5) is 0 Å². The van der Waals surface area contributed by atoms with E-state index in [1.54, 1.807) is 44.6 Å². The van der Waals surface area contributed by atoms with Gasteiger partial charge in [0.2, 0.25) is 0 Å². The Hall–Kier alpha value is -3.84. The number of hydrogen-bond donors (Lipinski definition) is 1. The number of nitrogens with zero attached hydrogens (tertiary/aromatic N) is 1. The van der Waals surface area contributed by atoms with Crippen molar-refractivity contribution in [3.63, 3.8) is 0 Å². The molecule has 0 saturated carbocycles. The van der Waals surface area contributed by atoms with Crippen LogP contribution in [0.15, 0.2) is 101 Å². The predicted molar refractivity (Wildman–Crippen MR) is 128 cm³/mol. The molecule has 0 bridgehead atoms.